The molecule has 0 saturated heterocycles. The van der Waals surface area contributed by atoms with Crippen LogP contribution < -0.4 is 19.5 Å². The maximum Gasteiger partial charge on any atom is 0.301 e. The molecule has 56 heavy (non-hydrogen) atoms. The molecule has 4 nitrogen and oxygen atoms in total. The third-order valence-corrected chi connectivity index (χ3v) is 14.7. The van der Waals surface area contributed by atoms with Crippen LogP contribution in [0.25, 0.3) is 16.7 Å². The van der Waals surface area contributed by atoms with Crippen LogP contribution in [0.3, 0.4) is 0 Å². The molecule has 10 rings (SSSR count). The highest BCUT2D eigenvalue weighted by Gasteiger charge is 2.49. The molecule has 0 fully saturated rings. The summed E-state index contributed by atoms with van der Waals surface area (Å²) in [5.41, 5.74) is 13.4. The van der Waals surface area contributed by atoms with Crippen molar-refractivity contribution in [2.45, 2.75) is 31.7 Å². The van der Waals surface area contributed by atoms with E-state index in [-0.39, 0.29) is 11.5 Å². The molecule has 0 bridgehead atoms. The quantitative estimate of drug-likeness (QED) is 0.152. The number of hydrogen-bond donors (Lipinski definition) is 0. The van der Waals surface area contributed by atoms with E-state index in [0.717, 1.165) is 40.2 Å². The fourth-order valence-electron chi connectivity index (χ4n) is 9.12. The molecule has 7 aromatic rings. The van der Waals surface area contributed by atoms with Gasteiger partial charge in [-0.2, -0.15) is 0 Å². The van der Waals surface area contributed by atoms with E-state index in [2.05, 4.69) is 162 Å². The maximum atomic E-state index is 16.4. The Morgan fingerprint density at radius 1 is 0.607 bits per heavy atom. The zero-order valence-corrected chi connectivity index (χ0v) is 32.4. The number of anilines is 6. The van der Waals surface area contributed by atoms with Gasteiger partial charge in [-0.25, -0.2) is 0 Å². The number of benzene rings is 7. The minimum Gasteiger partial charge on any atom is -0.334 e. The fourth-order valence-corrected chi connectivity index (χ4v) is 12.1. The van der Waals surface area contributed by atoms with Crippen LogP contribution in [-0.2, 0) is 9.98 Å². The summed E-state index contributed by atoms with van der Waals surface area (Å²) in [7, 11) is -3.52. The van der Waals surface area contributed by atoms with Gasteiger partial charge in [-0.15, -0.1) is 0 Å². The number of fused-ring (bicyclic) bond motifs is 4. The van der Waals surface area contributed by atoms with Gasteiger partial charge in [0.15, 0.2) is 0 Å². The molecule has 3 aliphatic rings. The first-order valence-electron chi connectivity index (χ1n) is 19.4. The lowest BCUT2D eigenvalue weighted by molar-refractivity contribution is 0.582. The second-order valence-electron chi connectivity index (χ2n) is 15.3. The van der Waals surface area contributed by atoms with Crippen molar-refractivity contribution < 1.29 is 4.57 Å². The number of para-hydroxylation sites is 2. The van der Waals surface area contributed by atoms with Crippen molar-refractivity contribution in [3.63, 3.8) is 0 Å². The summed E-state index contributed by atoms with van der Waals surface area (Å²) in [6.07, 6.45) is 7.64. The first-order valence-corrected chi connectivity index (χ1v) is 21.0. The maximum absolute atomic E-state index is 16.4. The van der Waals surface area contributed by atoms with E-state index in [4.69, 9.17) is 0 Å². The lowest BCUT2D eigenvalue weighted by Crippen LogP contribution is -2.31. The summed E-state index contributed by atoms with van der Waals surface area (Å²) in [6.45, 7) is 4.68. The van der Waals surface area contributed by atoms with E-state index in [1.54, 1.807) is 0 Å². The van der Waals surface area contributed by atoms with Gasteiger partial charge in [-0.1, -0.05) is 153 Å². The van der Waals surface area contributed by atoms with Gasteiger partial charge in [0.05, 0.1) is 22.7 Å². The molecule has 0 radical (unpaired) electrons. The largest absolute Gasteiger partial charge is 0.334 e. The molecule has 2 unspecified atom stereocenters. The Bertz CT molecular complexity index is 2690. The van der Waals surface area contributed by atoms with E-state index < -0.39 is 7.44 Å². The lowest BCUT2D eigenvalue weighted by Gasteiger charge is -2.36. The topological polar surface area (TPSA) is 26.8 Å². The van der Waals surface area contributed by atoms with Gasteiger partial charge in [-0.3, -0.25) is 13.9 Å². The fraction of sp³-hybridized carbons (Fsp3) is 0.0980. The van der Waals surface area contributed by atoms with E-state index in [0.29, 0.717) is 0 Å². The summed E-state index contributed by atoms with van der Waals surface area (Å²) in [4.78, 5) is 2.53. The Labute approximate surface area is 329 Å². The summed E-state index contributed by atoms with van der Waals surface area (Å²) in [5, 5.41) is 0.773. The van der Waals surface area contributed by atoms with Gasteiger partial charge in [0.2, 0.25) is 0 Å². The van der Waals surface area contributed by atoms with Gasteiger partial charge < -0.3 is 4.90 Å². The molecular weight excluding hydrogens is 702 g/mol. The highest BCUT2D eigenvalue weighted by atomic mass is 31.2. The molecule has 0 spiro atoms. The molecular formula is C51H42N3OP. The summed E-state index contributed by atoms with van der Waals surface area (Å²) < 4.78 is 20.6. The highest BCUT2D eigenvalue weighted by molar-refractivity contribution is 7.76. The minimum atomic E-state index is -3.52. The second-order valence-corrected chi connectivity index (χ2v) is 17.7. The van der Waals surface area contributed by atoms with Gasteiger partial charge in [0.1, 0.15) is 0 Å². The van der Waals surface area contributed by atoms with Crippen molar-refractivity contribution >= 4 is 52.4 Å². The summed E-state index contributed by atoms with van der Waals surface area (Å²) in [6, 6.07) is 63.5. The number of allylic oxidation sites excluding steroid dienone is 2. The molecule has 0 N–H and O–H groups in total. The Morgan fingerprint density at radius 3 is 1.89 bits per heavy atom. The number of rotatable bonds is 7. The predicted molar refractivity (Wildman–Crippen MR) is 235 cm³/mol. The third-order valence-electron chi connectivity index (χ3n) is 11.7. The lowest BCUT2D eigenvalue weighted by atomic mass is 9.82. The van der Waals surface area contributed by atoms with Crippen LogP contribution in [0, 0.1) is 0 Å². The van der Waals surface area contributed by atoms with Crippen LogP contribution in [-0.4, -0.2) is 6.04 Å². The van der Waals surface area contributed by atoms with Crippen LogP contribution in [0.4, 0.5) is 34.1 Å². The highest BCUT2D eigenvalue weighted by Crippen LogP contribution is 2.70. The molecule has 0 saturated carbocycles. The molecule has 2 aliphatic carbocycles. The van der Waals surface area contributed by atoms with Gasteiger partial charge >= 0.3 is 7.44 Å². The molecule has 2 atom stereocenters. The Kier molecular flexibility index (Phi) is 8.20. The smallest absolute Gasteiger partial charge is 0.301 e. The van der Waals surface area contributed by atoms with Crippen molar-refractivity contribution in [1.29, 1.82) is 0 Å². The van der Waals surface area contributed by atoms with Crippen molar-refractivity contribution in [2.24, 2.45) is 0 Å². The van der Waals surface area contributed by atoms with Crippen molar-refractivity contribution in [3.8, 4) is 11.1 Å². The van der Waals surface area contributed by atoms with Crippen molar-refractivity contribution in [2.75, 3.05) is 14.2 Å². The minimum absolute atomic E-state index is 0.00774. The second kappa shape index (κ2) is 13.4. The SMILES string of the molecule is CC1(C)c2ccccc2-c2c(N(c3ccc4c(c3)N(c3ccccc3)P(=O)(c3ccccc3)N4c3ccccc3)C3C=CC=C(c4ccccc4)C3)cccc21. The number of nitrogens with zero attached hydrogens (tertiary/aromatic N) is 3. The zero-order valence-electron chi connectivity index (χ0n) is 31.5. The van der Waals surface area contributed by atoms with Crippen LogP contribution >= 0.6 is 7.44 Å². The molecule has 0 aromatic heterocycles. The predicted octanol–water partition coefficient (Wildman–Crippen LogP) is 13.4. The monoisotopic (exact) mass is 743 g/mol. The molecule has 7 aromatic carbocycles. The Balaban J connectivity index is 1.22. The summed E-state index contributed by atoms with van der Waals surface area (Å²) in [5.74, 6) is 0. The van der Waals surface area contributed by atoms with Gasteiger partial charge in [0, 0.05) is 33.7 Å². The van der Waals surface area contributed by atoms with E-state index in [1.165, 1.54) is 39.1 Å². The Morgan fingerprint density at radius 2 is 1.20 bits per heavy atom. The average Bonchev–Trinajstić information content (AvgIpc) is 3.66. The van der Waals surface area contributed by atoms with Crippen LogP contribution in [0.5, 0.6) is 0 Å². The molecule has 272 valence electrons. The number of hydrogen-bond acceptors (Lipinski definition) is 2. The van der Waals surface area contributed by atoms with Crippen LogP contribution in [0.15, 0.2) is 200 Å². The first kappa shape index (κ1) is 34.2. The van der Waals surface area contributed by atoms with Crippen molar-refractivity contribution in [3.05, 3.63) is 217 Å². The summed E-state index contributed by atoms with van der Waals surface area (Å²) >= 11 is 0. The van der Waals surface area contributed by atoms with Crippen LogP contribution in [0.1, 0.15) is 37.0 Å². The zero-order chi connectivity index (χ0) is 37.9. The van der Waals surface area contributed by atoms with E-state index in [9.17, 15) is 0 Å². The molecule has 5 heteroatoms. The standard InChI is InChI=1S/C51H42N3OP/c1-51(2)45-30-16-15-29-44(45)50-46(51)31-18-32-48(50)52(41-26-17-21-38(35-41)37-19-7-3-8-20-37)42-33-34-47-49(36-42)54(40-24-11-5-12-25-40)56(55,43-27-13-6-14-28-43)53(47)39-22-9-4-10-23-39/h3-34,36,41H,35H2,1-2H3. The molecule has 0 amide bonds. The normalized spacial score (nSPS) is 18.9. The van der Waals surface area contributed by atoms with Gasteiger partial charge in [0.25, 0.3) is 0 Å². The van der Waals surface area contributed by atoms with Crippen molar-refractivity contribution in [1.82, 2.24) is 0 Å². The average molecular weight is 744 g/mol. The molecule has 1 heterocycles. The van der Waals surface area contributed by atoms with E-state index >= 15 is 4.57 Å². The molecule has 1 aliphatic heterocycles. The Hall–Kier alpha value is -6.35. The van der Waals surface area contributed by atoms with Crippen LogP contribution in [0.2, 0.25) is 0 Å². The third kappa shape index (κ3) is 5.32. The first-order chi connectivity index (χ1) is 27.4. The van der Waals surface area contributed by atoms with Gasteiger partial charge in [-0.05, 0) is 94.9 Å². The van der Waals surface area contributed by atoms with E-state index in [1.807, 2.05) is 66.7 Å².